The number of nitrogens with zero attached hydrogens (tertiary/aromatic N) is 1. The standard InChI is InChI=1S/C5H3ClN2O3/c6-5(10)11-3-1-7-2-8-4(3)9/h1-2H,(H,7,8,9). The maximum Gasteiger partial charge on any atom is 0.409 e. The third-order valence-electron chi connectivity index (χ3n) is 0.876. The van der Waals surface area contributed by atoms with Gasteiger partial charge in [0, 0.05) is 11.6 Å². The van der Waals surface area contributed by atoms with Crippen molar-refractivity contribution in [3.63, 3.8) is 0 Å². The first-order valence-electron chi connectivity index (χ1n) is 2.60. The van der Waals surface area contributed by atoms with Gasteiger partial charge in [0.1, 0.15) is 0 Å². The van der Waals surface area contributed by atoms with Crippen LogP contribution in [0.25, 0.3) is 0 Å². The quantitative estimate of drug-likeness (QED) is 0.630. The van der Waals surface area contributed by atoms with Crippen LogP contribution in [0, 0.1) is 0 Å². The highest BCUT2D eigenvalue weighted by atomic mass is 35.5. The lowest BCUT2D eigenvalue weighted by Gasteiger charge is -1.94. The van der Waals surface area contributed by atoms with E-state index >= 15 is 0 Å². The normalized spacial score (nSPS) is 9.18. The average Bonchev–Trinajstić information content (AvgIpc) is 1.93. The first-order chi connectivity index (χ1) is 5.20. The summed E-state index contributed by atoms with van der Waals surface area (Å²) >= 11 is 4.84. The third kappa shape index (κ3) is 2.05. The number of carbonyl (C=O) groups is 1. The van der Waals surface area contributed by atoms with Crippen molar-refractivity contribution < 1.29 is 9.53 Å². The Kier molecular flexibility index (Phi) is 2.22. The number of hydrogen-bond acceptors (Lipinski definition) is 4. The Morgan fingerprint density at radius 2 is 2.45 bits per heavy atom. The predicted molar refractivity (Wildman–Crippen MR) is 36.7 cm³/mol. The number of carbonyl (C=O) groups excluding carboxylic acids is 1. The van der Waals surface area contributed by atoms with Crippen molar-refractivity contribution in [3.8, 4) is 5.75 Å². The molecule has 0 unspecified atom stereocenters. The minimum atomic E-state index is -1.07. The molecular formula is C5H3ClN2O3. The van der Waals surface area contributed by atoms with Gasteiger partial charge in [0.2, 0.25) is 5.75 Å². The molecule has 0 saturated carbocycles. The number of rotatable bonds is 1. The number of nitrogens with one attached hydrogen (secondary N) is 1. The zero-order chi connectivity index (χ0) is 8.27. The molecule has 0 aliphatic heterocycles. The lowest BCUT2D eigenvalue weighted by Crippen LogP contribution is -2.11. The van der Waals surface area contributed by atoms with Crippen molar-refractivity contribution in [2.75, 3.05) is 0 Å². The number of H-pyrrole nitrogens is 1. The van der Waals surface area contributed by atoms with Crippen LogP contribution in [0.4, 0.5) is 4.79 Å². The summed E-state index contributed by atoms with van der Waals surface area (Å²) in [6, 6.07) is 0. The Morgan fingerprint density at radius 3 is 3.00 bits per heavy atom. The number of aromatic nitrogens is 2. The second kappa shape index (κ2) is 3.16. The Balaban J connectivity index is 2.95. The van der Waals surface area contributed by atoms with Crippen LogP contribution in [-0.4, -0.2) is 15.4 Å². The number of ether oxygens (including phenoxy) is 1. The first-order valence-corrected chi connectivity index (χ1v) is 2.98. The minimum Gasteiger partial charge on any atom is -0.407 e. The molecule has 58 valence electrons. The van der Waals surface area contributed by atoms with Crippen LogP contribution in [0.2, 0.25) is 0 Å². The molecule has 0 fully saturated rings. The molecular weight excluding hydrogens is 172 g/mol. The van der Waals surface area contributed by atoms with E-state index in [1.165, 1.54) is 6.33 Å². The van der Waals surface area contributed by atoms with E-state index in [2.05, 4.69) is 14.7 Å². The maximum absolute atomic E-state index is 10.7. The van der Waals surface area contributed by atoms with Gasteiger partial charge in [-0.2, -0.15) is 0 Å². The summed E-state index contributed by atoms with van der Waals surface area (Å²) in [7, 11) is 0. The highest BCUT2D eigenvalue weighted by Crippen LogP contribution is 1.99. The van der Waals surface area contributed by atoms with Crippen LogP contribution in [-0.2, 0) is 0 Å². The van der Waals surface area contributed by atoms with E-state index in [0.717, 1.165) is 6.20 Å². The summed E-state index contributed by atoms with van der Waals surface area (Å²) in [4.78, 5) is 26.6. The van der Waals surface area contributed by atoms with Gasteiger partial charge in [-0.05, 0) is 0 Å². The second-order valence-electron chi connectivity index (χ2n) is 1.58. The highest BCUT2D eigenvalue weighted by molar-refractivity contribution is 6.61. The second-order valence-corrected chi connectivity index (χ2v) is 1.89. The van der Waals surface area contributed by atoms with Gasteiger partial charge >= 0.3 is 5.43 Å². The van der Waals surface area contributed by atoms with Gasteiger partial charge in [0.05, 0.1) is 12.5 Å². The van der Waals surface area contributed by atoms with Gasteiger partial charge in [-0.1, -0.05) is 0 Å². The zero-order valence-electron chi connectivity index (χ0n) is 5.20. The fourth-order valence-corrected chi connectivity index (χ4v) is 0.573. The molecule has 0 spiro atoms. The molecule has 6 heteroatoms. The highest BCUT2D eigenvalue weighted by Gasteiger charge is 2.03. The molecule has 0 aromatic carbocycles. The van der Waals surface area contributed by atoms with Crippen LogP contribution < -0.4 is 10.3 Å². The van der Waals surface area contributed by atoms with Crippen LogP contribution in [0.1, 0.15) is 0 Å². The van der Waals surface area contributed by atoms with Crippen molar-refractivity contribution in [2.45, 2.75) is 0 Å². The van der Waals surface area contributed by atoms with Gasteiger partial charge in [-0.3, -0.25) is 4.79 Å². The Labute approximate surface area is 66.0 Å². The summed E-state index contributed by atoms with van der Waals surface area (Å²) in [5.74, 6) is -0.215. The lowest BCUT2D eigenvalue weighted by molar-refractivity contribution is 0.225. The number of aromatic amines is 1. The van der Waals surface area contributed by atoms with E-state index in [0.29, 0.717) is 0 Å². The maximum atomic E-state index is 10.7. The smallest absolute Gasteiger partial charge is 0.407 e. The molecule has 0 aliphatic carbocycles. The summed E-state index contributed by atoms with van der Waals surface area (Å²) in [5, 5.41) is 0. The molecule has 11 heavy (non-hydrogen) atoms. The molecule has 0 aliphatic rings. The van der Waals surface area contributed by atoms with E-state index < -0.39 is 11.0 Å². The molecule has 1 heterocycles. The van der Waals surface area contributed by atoms with Gasteiger partial charge in [-0.25, -0.2) is 9.78 Å². The Hall–Kier alpha value is -1.36. The molecule has 1 aromatic rings. The van der Waals surface area contributed by atoms with Crippen molar-refractivity contribution in [1.82, 2.24) is 9.97 Å². The predicted octanol–water partition coefficient (Wildman–Crippen LogP) is 0.507. The zero-order valence-corrected chi connectivity index (χ0v) is 5.96. The average molecular weight is 175 g/mol. The largest absolute Gasteiger partial charge is 0.409 e. The fourth-order valence-electron chi connectivity index (χ4n) is 0.490. The van der Waals surface area contributed by atoms with Gasteiger partial charge in [0.15, 0.2) is 0 Å². The molecule has 5 nitrogen and oxygen atoms in total. The van der Waals surface area contributed by atoms with Crippen molar-refractivity contribution in [2.24, 2.45) is 0 Å². The van der Waals surface area contributed by atoms with Crippen molar-refractivity contribution >= 4 is 17.0 Å². The van der Waals surface area contributed by atoms with Crippen LogP contribution in [0.15, 0.2) is 17.3 Å². The first kappa shape index (κ1) is 7.74. The molecule has 0 atom stereocenters. The van der Waals surface area contributed by atoms with Crippen LogP contribution >= 0.6 is 11.6 Å². The van der Waals surface area contributed by atoms with Crippen molar-refractivity contribution in [1.29, 1.82) is 0 Å². The fraction of sp³-hybridized carbons (Fsp3) is 0. The SMILES string of the molecule is O=C(Cl)Oc1cnc[nH]c1=O. The summed E-state index contributed by atoms with van der Waals surface area (Å²) in [6.07, 6.45) is 2.27. The Morgan fingerprint density at radius 1 is 1.73 bits per heavy atom. The monoisotopic (exact) mass is 174 g/mol. The van der Waals surface area contributed by atoms with E-state index in [1.54, 1.807) is 0 Å². The van der Waals surface area contributed by atoms with Crippen LogP contribution in [0.3, 0.4) is 0 Å². The molecule has 1 aromatic heterocycles. The molecule has 0 radical (unpaired) electrons. The lowest BCUT2D eigenvalue weighted by atomic mass is 10.6. The van der Waals surface area contributed by atoms with E-state index in [-0.39, 0.29) is 5.75 Å². The number of hydrogen-bond donors (Lipinski definition) is 1. The molecule has 0 saturated heterocycles. The molecule has 0 amide bonds. The molecule has 1 N–H and O–H groups in total. The van der Waals surface area contributed by atoms with Gasteiger partial charge in [-0.15, -0.1) is 0 Å². The number of halogens is 1. The molecule has 1 rings (SSSR count). The summed E-state index contributed by atoms with van der Waals surface area (Å²) in [6.45, 7) is 0. The van der Waals surface area contributed by atoms with Gasteiger partial charge < -0.3 is 9.72 Å². The topological polar surface area (TPSA) is 72.0 Å². The van der Waals surface area contributed by atoms with Gasteiger partial charge in [0.25, 0.3) is 5.56 Å². The van der Waals surface area contributed by atoms with E-state index in [9.17, 15) is 9.59 Å². The Bertz CT molecular complexity index is 322. The summed E-state index contributed by atoms with van der Waals surface area (Å²) in [5.41, 5.74) is -1.61. The van der Waals surface area contributed by atoms with Crippen molar-refractivity contribution in [3.05, 3.63) is 22.9 Å². The van der Waals surface area contributed by atoms with E-state index in [4.69, 9.17) is 11.6 Å². The van der Waals surface area contributed by atoms with E-state index in [1.807, 2.05) is 0 Å². The minimum absolute atomic E-state index is 0.215. The molecule has 0 bridgehead atoms. The third-order valence-corrected chi connectivity index (χ3v) is 0.953. The van der Waals surface area contributed by atoms with Crippen LogP contribution in [0.5, 0.6) is 5.75 Å². The summed E-state index contributed by atoms with van der Waals surface area (Å²) < 4.78 is 4.27.